The molecule has 0 bridgehead atoms. The van der Waals surface area contributed by atoms with Crippen molar-refractivity contribution in [3.05, 3.63) is 58.1 Å². The molecule has 2 nitrogen and oxygen atoms in total. The zero-order valence-electron chi connectivity index (χ0n) is 10.8. The van der Waals surface area contributed by atoms with Crippen LogP contribution in [0.1, 0.15) is 5.56 Å². The number of nitrogens with two attached hydrogens (primary N) is 1. The average molecular weight is 328 g/mol. The minimum Gasteiger partial charge on any atom is -0.493 e. The zero-order valence-corrected chi connectivity index (χ0v) is 13.1. The Balaban J connectivity index is 1.79. The Kier molecular flexibility index (Phi) is 6.05. The number of ether oxygens (including phenoxy) is 1. The fourth-order valence-electron chi connectivity index (χ4n) is 1.62. The van der Waals surface area contributed by atoms with Crippen molar-refractivity contribution in [2.24, 2.45) is 5.73 Å². The molecule has 2 aromatic rings. The van der Waals surface area contributed by atoms with E-state index < -0.39 is 0 Å². The van der Waals surface area contributed by atoms with Crippen molar-refractivity contribution >= 4 is 35.0 Å². The van der Waals surface area contributed by atoms with Gasteiger partial charge in [0.1, 0.15) is 5.75 Å². The number of halogens is 2. The predicted octanol–water partition coefficient (Wildman–Crippen LogP) is 4.62. The molecule has 20 heavy (non-hydrogen) atoms. The van der Waals surface area contributed by atoms with Crippen LogP contribution in [0.3, 0.4) is 0 Å². The second-order valence-corrected chi connectivity index (χ2v) is 6.10. The SMILES string of the molecule is NCc1ccc(OCCSc2cc(Cl)ccc2Cl)cc1. The largest absolute Gasteiger partial charge is 0.493 e. The highest BCUT2D eigenvalue weighted by Crippen LogP contribution is 2.29. The standard InChI is InChI=1S/C15H15Cl2NOS/c16-12-3-6-14(17)15(9-12)20-8-7-19-13-4-1-11(10-18)2-5-13/h1-6,9H,7-8,10,18H2. The fourth-order valence-corrected chi connectivity index (χ4v) is 2.94. The smallest absolute Gasteiger partial charge is 0.119 e. The fraction of sp³-hybridized carbons (Fsp3) is 0.200. The Labute approximate surface area is 133 Å². The van der Waals surface area contributed by atoms with Crippen molar-refractivity contribution in [3.8, 4) is 5.75 Å². The predicted molar refractivity (Wildman–Crippen MR) is 87.0 cm³/mol. The van der Waals surface area contributed by atoms with Gasteiger partial charge in [0, 0.05) is 22.2 Å². The molecule has 0 unspecified atom stereocenters. The number of hydrogen-bond donors (Lipinski definition) is 1. The lowest BCUT2D eigenvalue weighted by Gasteiger charge is -2.08. The highest BCUT2D eigenvalue weighted by molar-refractivity contribution is 7.99. The number of thioether (sulfide) groups is 1. The van der Waals surface area contributed by atoms with Gasteiger partial charge in [-0.05, 0) is 35.9 Å². The molecule has 2 rings (SSSR count). The van der Waals surface area contributed by atoms with E-state index in [4.69, 9.17) is 33.7 Å². The molecule has 0 spiro atoms. The molecule has 0 aliphatic rings. The maximum atomic E-state index is 6.09. The van der Waals surface area contributed by atoms with Gasteiger partial charge in [0.05, 0.1) is 11.6 Å². The normalized spacial score (nSPS) is 10.6. The molecule has 0 saturated heterocycles. The monoisotopic (exact) mass is 327 g/mol. The van der Waals surface area contributed by atoms with Crippen LogP contribution in [0.2, 0.25) is 10.0 Å². The van der Waals surface area contributed by atoms with Gasteiger partial charge in [-0.3, -0.25) is 0 Å². The molecule has 0 saturated carbocycles. The number of benzene rings is 2. The van der Waals surface area contributed by atoms with Crippen LogP contribution in [-0.4, -0.2) is 12.4 Å². The van der Waals surface area contributed by atoms with Crippen LogP contribution < -0.4 is 10.5 Å². The summed E-state index contributed by atoms with van der Waals surface area (Å²) in [5.41, 5.74) is 6.64. The van der Waals surface area contributed by atoms with E-state index in [2.05, 4.69) is 0 Å². The summed E-state index contributed by atoms with van der Waals surface area (Å²) in [6.45, 7) is 1.15. The van der Waals surface area contributed by atoms with Crippen LogP contribution in [-0.2, 0) is 6.54 Å². The zero-order chi connectivity index (χ0) is 14.4. The molecule has 106 valence electrons. The van der Waals surface area contributed by atoms with E-state index in [9.17, 15) is 0 Å². The van der Waals surface area contributed by atoms with E-state index in [-0.39, 0.29) is 0 Å². The van der Waals surface area contributed by atoms with Crippen LogP contribution in [0.15, 0.2) is 47.4 Å². The quantitative estimate of drug-likeness (QED) is 0.620. The Morgan fingerprint density at radius 3 is 2.50 bits per heavy atom. The third-order valence-corrected chi connectivity index (χ3v) is 4.36. The first-order chi connectivity index (χ1) is 9.69. The Morgan fingerprint density at radius 1 is 1.05 bits per heavy atom. The molecule has 0 radical (unpaired) electrons. The maximum Gasteiger partial charge on any atom is 0.119 e. The van der Waals surface area contributed by atoms with Crippen molar-refractivity contribution in [2.75, 3.05) is 12.4 Å². The van der Waals surface area contributed by atoms with Crippen LogP contribution in [0.4, 0.5) is 0 Å². The molecule has 0 atom stereocenters. The van der Waals surface area contributed by atoms with Crippen LogP contribution in [0.25, 0.3) is 0 Å². The van der Waals surface area contributed by atoms with Gasteiger partial charge in [0.25, 0.3) is 0 Å². The first-order valence-corrected chi connectivity index (χ1v) is 7.93. The van der Waals surface area contributed by atoms with Crippen molar-refractivity contribution in [3.63, 3.8) is 0 Å². The summed E-state index contributed by atoms with van der Waals surface area (Å²) < 4.78 is 5.66. The third kappa shape index (κ3) is 4.60. The minimum absolute atomic E-state index is 0.545. The average Bonchev–Trinajstić information content (AvgIpc) is 2.47. The van der Waals surface area contributed by atoms with Gasteiger partial charge in [0.15, 0.2) is 0 Å². The molecular weight excluding hydrogens is 313 g/mol. The van der Waals surface area contributed by atoms with Crippen molar-refractivity contribution in [2.45, 2.75) is 11.4 Å². The summed E-state index contributed by atoms with van der Waals surface area (Å²) in [4.78, 5) is 0.973. The summed E-state index contributed by atoms with van der Waals surface area (Å²) in [6, 6.07) is 13.2. The van der Waals surface area contributed by atoms with Gasteiger partial charge in [-0.1, -0.05) is 35.3 Å². The second-order valence-electron chi connectivity index (χ2n) is 4.12. The number of hydrogen-bond acceptors (Lipinski definition) is 3. The second kappa shape index (κ2) is 7.79. The molecule has 5 heteroatoms. The molecule has 0 aliphatic heterocycles. The highest BCUT2D eigenvalue weighted by atomic mass is 35.5. The van der Waals surface area contributed by atoms with Crippen LogP contribution in [0, 0.1) is 0 Å². The van der Waals surface area contributed by atoms with E-state index in [1.54, 1.807) is 23.9 Å². The van der Waals surface area contributed by atoms with Crippen molar-refractivity contribution in [1.82, 2.24) is 0 Å². The lowest BCUT2D eigenvalue weighted by Crippen LogP contribution is -2.01. The molecule has 2 N–H and O–H groups in total. The summed E-state index contributed by atoms with van der Waals surface area (Å²) >= 11 is 13.7. The van der Waals surface area contributed by atoms with Crippen molar-refractivity contribution in [1.29, 1.82) is 0 Å². The first kappa shape index (κ1) is 15.5. The molecule has 0 aliphatic carbocycles. The van der Waals surface area contributed by atoms with Gasteiger partial charge in [-0.15, -0.1) is 11.8 Å². The van der Waals surface area contributed by atoms with E-state index in [0.717, 1.165) is 22.0 Å². The van der Waals surface area contributed by atoms with E-state index in [1.807, 2.05) is 30.3 Å². The third-order valence-electron chi connectivity index (χ3n) is 2.66. The van der Waals surface area contributed by atoms with Gasteiger partial charge >= 0.3 is 0 Å². The van der Waals surface area contributed by atoms with Gasteiger partial charge in [0.2, 0.25) is 0 Å². The molecule has 0 amide bonds. The molecular formula is C15H15Cl2NOS. The van der Waals surface area contributed by atoms with E-state index in [0.29, 0.717) is 23.2 Å². The van der Waals surface area contributed by atoms with Gasteiger partial charge in [-0.25, -0.2) is 0 Å². The minimum atomic E-state index is 0.545. The highest BCUT2D eigenvalue weighted by Gasteiger charge is 2.02. The maximum absolute atomic E-state index is 6.09. The van der Waals surface area contributed by atoms with Crippen LogP contribution in [0.5, 0.6) is 5.75 Å². The Bertz CT molecular complexity index is 560. The Hall–Kier alpha value is -0.870. The Morgan fingerprint density at radius 2 is 1.80 bits per heavy atom. The summed E-state index contributed by atoms with van der Waals surface area (Å²) in [7, 11) is 0. The molecule has 0 heterocycles. The van der Waals surface area contributed by atoms with E-state index in [1.165, 1.54) is 0 Å². The first-order valence-electron chi connectivity index (χ1n) is 6.18. The van der Waals surface area contributed by atoms with Crippen LogP contribution >= 0.6 is 35.0 Å². The molecule has 2 aromatic carbocycles. The van der Waals surface area contributed by atoms with Gasteiger partial charge in [-0.2, -0.15) is 0 Å². The molecule has 0 aromatic heterocycles. The summed E-state index contributed by atoms with van der Waals surface area (Å²) in [5.74, 6) is 1.65. The van der Waals surface area contributed by atoms with Crippen molar-refractivity contribution < 1.29 is 4.74 Å². The molecule has 0 fully saturated rings. The topological polar surface area (TPSA) is 35.2 Å². The lowest BCUT2D eigenvalue weighted by atomic mass is 10.2. The summed E-state index contributed by atoms with van der Waals surface area (Å²) in [5, 5.41) is 1.40. The summed E-state index contributed by atoms with van der Waals surface area (Å²) in [6.07, 6.45) is 0. The van der Waals surface area contributed by atoms with Gasteiger partial charge < -0.3 is 10.5 Å². The lowest BCUT2D eigenvalue weighted by molar-refractivity contribution is 0.344. The van der Waals surface area contributed by atoms with E-state index >= 15 is 0 Å². The number of rotatable bonds is 6.